The number of nitrogens with one attached hydrogen (secondary N) is 1. The van der Waals surface area contributed by atoms with Crippen LogP contribution in [0, 0.1) is 18.6 Å². The summed E-state index contributed by atoms with van der Waals surface area (Å²) < 4.78 is 27.2. The zero-order valence-electron chi connectivity index (χ0n) is 10.3. The molecule has 0 amide bonds. The van der Waals surface area contributed by atoms with Crippen molar-refractivity contribution in [2.45, 2.75) is 13.0 Å². The average molecular weight is 327 g/mol. The highest BCUT2D eigenvalue weighted by molar-refractivity contribution is 9.10. The van der Waals surface area contributed by atoms with Crippen LogP contribution in [0.1, 0.15) is 22.7 Å². The molecule has 19 heavy (non-hydrogen) atoms. The molecule has 0 saturated heterocycles. The molecule has 0 spiro atoms. The minimum Gasteiger partial charge on any atom is -0.271 e. The Labute approximate surface area is 118 Å². The van der Waals surface area contributed by atoms with Crippen molar-refractivity contribution in [2.24, 2.45) is 5.84 Å². The third-order valence-corrected chi connectivity index (χ3v) is 3.60. The van der Waals surface area contributed by atoms with Gasteiger partial charge in [0, 0.05) is 0 Å². The maximum absolute atomic E-state index is 13.6. The quantitative estimate of drug-likeness (QED) is 0.668. The number of nitrogens with two attached hydrogens (primary N) is 1. The van der Waals surface area contributed by atoms with Gasteiger partial charge in [-0.3, -0.25) is 5.84 Å². The molecular weight excluding hydrogens is 314 g/mol. The topological polar surface area (TPSA) is 38.0 Å². The van der Waals surface area contributed by atoms with Crippen LogP contribution in [0.5, 0.6) is 0 Å². The predicted octanol–water partition coefficient (Wildman–Crippen LogP) is 3.59. The third kappa shape index (κ3) is 3.00. The van der Waals surface area contributed by atoms with E-state index < -0.39 is 0 Å². The lowest BCUT2D eigenvalue weighted by molar-refractivity contribution is 0.595. The van der Waals surface area contributed by atoms with E-state index in [0.717, 1.165) is 5.56 Å². The Morgan fingerprint density at radius 3 is 2.26 bits per heavy atom. The molecule has 0 bridgehead atoms. The summed E-state index contributed by atoms with van der Waals surface area (Å²) in [6.07, 6.45) is 0. The summed E-state index contributed by atoms with van der Waals surface area (Å²) in [5.41, 5.74) is 4.60. The standard InChI is InChI=1S/C14H13BrF2N2/c1-8-6-9(3-5-12(8)16)14(19-18)10-2-4-11(15)13(17)7-10/h2-7,14,19H,18H2,1H3. The molecule has 0 saturated carbocycles. The summed E-state index contributed by atoms with van der Waals surface area (Å²) in [7, 11) is 0. The first kappa shape index (κ1) is 14.1. The minimum absolute atomic E-state index is 0.276. The van der Waals surface area contributed by atoms with Crippen LogP contribution in [-0.4, -0.2) is 0 Å². The van der Waals surface area contributed by atoms with Gasteiger partial charge in [-0.1, -0.05) is 18.2 Å². The second kappa shape index (κ2) is 5.77. The SMILES string of the molecule is Cc1cc(C(NN)c2ccc(Br)c(F)c2)ccc1F. The zero-order valence-corrected chi connectivity index (χ0v) is 11.8. The first-order valence-electron chi connectivity index (χ1n) is 5.70. The van der Waals surface area contributed by atoms with Gasteiger partial charge in [0.25, 0.3) is 0 Å². The van der Waals surface area contributed by atoms with Gasteiger partial charge in [-0.15, -0.1) is 0 Å². The van der Waals surface area contributed by atoms with Crippen LogP contribution in [-0.2, 0) is 0 Å². The summed E-state index contributed by atoms with van der Waals surface area (Å²) in [5, 5.41) is 0. The van der Waals surface area contributed by atoms with Gasteiger partial charge < -0.3 is 0 Å². The van der Waals surface area contributed by atoms with Crippen molar-refractivity contribution in [3.63, 3.8) is 0 Å². The fraction of sp³-hybridized carbons (Fsp3) is 0.143. The van der Waals surface area contributed by atoms with Crippen LogP contribution in [0.4, 0.5) is 8.78 Å². The van der Waals surface area contributed by atoms with Gasteiger partial charge in [0.2, 0.25) is 0 Å². The van der Waals surface area contributed by atoms with E-state index in [9.17, 15) is 8.78 Å². The first-order valence-corrected chi connectivity index (χ1v) is 6.49. The van der Waals surface area contributed by atoms with E-state index >= 15 is 0 Å². The molecule has 0 aliphatic rings. The van der Waals surface area contributed by atoms with Crippen LogP contribution < -0.4 is 11.3 Å². The highest BCUT2D eigenvalue weighted by atomic mass is 79.9. The highest BCUT2D eigenvalue weighted by Crippen LogP contribution is 2.26. The monoisotopic (exact) mass is 326 g/mol. The summed E-state index contributed by atoms with van der Waals surface area (Å²) in [6, 6.07) is 9.09. The highest BCUT2D eigenvalue weighted by Gasteiger charge is 2.15. The van der Waals surface area contributed by atoms with E-state index in [0.29, 0.717) is 15.6 Å². The Hall–Kier alpha value is -1.30. The van der Waals surface area contributed by atoms with E-state index in [1.165, 1.54) is 12.1 Å². The normalized spacial score (nSPS) is 12.5. The van der Waals surface area contributed by atoms with Crippen LogP contribution >= 0.6 is 15.9 Å². The fourth-order valence-corrected chi connectivity index (χ4v) is 2.17. The molecule has 0 heterocycles. The van der Waals surface area contributed by atoms with Gasteiger partial charge in [-0.05, 0) is 57.7 Å². The van der Waals surface area contributed by atoms with Crippen molar-refractivity contribution in [3.8, 4) is 0 Å². The van der Waals surface area contributed by atoms with E-state index in [2.05, 4.69) is 21.4 Å². The molecule has 100 valence electrons. The molecule has 1 unspecified atom stereocenters. The maximum Gasteiger partial charge on any atom is 0.137 e. The van der Waals surface area contributed by atoms with Gasteiger partial charge in [0.05, 0.1) is 10.5 Å². The number of halogens is 3. The summed E-state index contributed by atoms with van der Waals surface area (Å²) in [4.78, 5) is 0. The fourth-order valence-electron chi connectivity index (χ4n) is 1.92. The number of hydrogen-bond donors (Lipinski definition) is 2. The summed E-state index contributed by atoms with van der Waals surface area (Å²) in [6.45, 7) is 1.68. The van der Waals surface area contributed by atoms with Crippen LogP contribution in [0.15, 0.2) is 40.9 Å². The van der Waals surface area contributed by atoms with Gasteiger partial charge in [-0.2, -0.15) is 0 Å². The van der Waals surface area contributed by atoms with Gasteiger partial charge in [0.15, 0.2) is 0 Å². The Kier molecular flexibility index (Phi) is 4.29. The van der Waals surface area contributed by atoms with Crippen LogP contribution in [0.3, 0.4) is 0 Å². The second-order valence-electron chi connectivity index (χ2n) is 4.28. The minimum atomic E-state index is -0.387. The van der Waals surface area contributed by atoms with Crippen molar-refractivity contribution >= 4 is 15.9 Å². The van der Waals surface area contributed by atoms with E-state index in [4.69, 9.17) is 5.84 Å². The molecule has 0 aliphatic heterocycles. The molecular formula is C14H13BrF2N2. The van der Waals surface area contributed by atoms with E-state index in [1.807, 2.05) is 0 Å². The second-order valence-corrected chi connectivity index (χ2v) is 5.14. The molecule has 0 radical (unpaired) electrons. The molecule has 2 aromatic carbocycles. The Morgan fingerprint density at radius 2 is 1.68 bits per heavy atom. The zero-order chi connectivity index (χ0) is 14.0. The Bertz CT molecular complexity index is 550. The van der Waals surface area contributed by atoms with Crippen LogP contribution in [0.2, 0.25) is 0 Å². The molecule has 3 N–H and O–H groups in total. The van der Waals surface area contributed by atoms with Crippen molar-refractivity contribution in [1.29, 1.82) is 0 Å². The van der Waals surface area contributed by atoms with E-state index in [1.54, 1.807) is 31.2 Å². The lowest BCUT2D eigenvalue weighted by Crippen LogP contribution is -2.29. The molecule has 2 rings (SSSR count). The number of rotatable bonds is 3. The largest absolute Gasteiger partial charge is 0.271 e. The maximum atomic E-state index is 13.6. The molecule has 0 fully saturated rings. The van der Waals surface area contributed by atoms with Gasteiger partial charge >= 0.3 is 0 Å². The summed E-state index contributed by atoms with van der Waals surface area (Å²) >= 11 is 3.10. The molecule has 2 nitrogen and oxygen atoms in total. The molecule has 0 aromatic heterocycles. The third-order valence-electron chi connectivity index (χ3n) is 2.96. The molecule has 5 heteroatoms. The molecule has 2 aromatic rings. The Morgan fingerprint density at radius 1 is 1.05 bits per heavy atom. The Balaban J connectivity index is 2.43. The molecule has 1 atom stereocenters. The van der Waals surface area contributed by atoms with Crippen molar-refractivity contribution in [1.82, 2.24) is 5.43 Å². The molecule has 0 aliphatic carbocycles. The predicted molar refractivity (Wildman–Crippen MR) is 74.4 cm³/mol. The van der Waals surface area contributed by atoms with Crippen molar-refractivity contribution in [2.75, 3.05) is 0 Å². The summed E-state index contributed by atoms with van der Waals surface area (Å²) in [5.74, 6) is 4.89. The van der Waals surface area contributed by atoms with Crippen LogP contribution in [0.25, 0.3) is 0 Å². The lowest BCUT2D eigenvalue weighted by atomic mass is 9.97. The van der Waals surface area contributed by atoms with Crippen molar-refractivity contribution in [3.05, 3.63) is 69.2 Å². The van der Waals surface area contributed by atoms with Crippen molar-refractivity contribution < 1.29 is 8.78 Å². The average Bonchev–Trinajstić information content (AvgIpc) is 2.39. The van der Waals surface area contributed by atoms with Gasteiger partial charge in [0.1, 0.15) is 11.6 Å². The number of aryl methyl sites for hydroxylation is 1. The number of hydrogen-bond acceptors (Lipinski definition) is 2. The number of hydrazine groups is 1. The van der Waals surface area contributed by atoms with Gasteiger partial charge in [-0.25, -0.2) is 14.2 Å². The number of benzene rings is 2. The first-order chi connectivity index (χ1) is 9.02. The smallest absolute Gasteiger partial charge is 0.137 e. The lowest BCUT2D eigenvalue weighted by Gasteiger charge is -2.18. The van der Waals surface area contributed by atoms with E-state index in [-0.39, 0.29) is 17.7 Å².